The van der Waals surface area contributed by atoms with Crippen molar-refractivity contribution >= 4 is 5.52 Å². The third kappa shape index (κ3) is 1.40. The lowest BCUT2D eigenvalue weighted by Crippen LogP contribution is -2.22. The third-order valence-corrected chi connectivity index (χ3v) is 2.57. The Bertz CT molecular complexity index is 445. The van der Waals surface area contributed by atoms with E-state index in [0.29, 0.717) is 0 Å². The third-order valence-electron chi connectivity index (χ3n) is 2.57. The van der Waals surface area contributed by atoms with Crippen LogP contribution in [0.15, 0.2) is 30.6 Å². The van der Waals surface area contributed by atoms with E-state index in [9.17, 15) is 5.11 Å². The molecule has 2 aromatic heterocycles. The van der Waals surface area contributed by atoms with E-state index >= 15 is 0 Å². The molecular weight excluding hydrogens is 176 g/mol. The molecule has 0 atom stereocenters. The Morgan fingerprint density at radius 1 is 1.36 bits per heavy atom. The maximum atomic E-state index is 9.24. The Kier molecular flexibility index (Phi) is 2.04. The van der Waals surface area contributed by atoms with Crippen molar-refractivity contribution < 1.29 is 5.11 Å². The van der Waals surface area contributed by atoms with Crippen molar-refractivity contribution in [3.05, 3.63) is 36.2 Å². The first kappa shape index (κ1) is 9.21. The molecule has 0 bridgehead atoms. The van der Waals surface area contributed by atoms with Gasteiger partial charge in [0.2, 0.25) is 0 Å². The average molecular weight is 190 g/mol. The molecule has 2 heterocycles. The Balaban J connectivity index is 2.53. The van der Waals surface area contributed by atoms with Crippen LogP contribution in [-0.2, 0) is 5.41 Å². The molecule has 0 saturated heterocycles. The van der Waals surface area contributed by atoms with E-state index < -0.39 is 0 Å². The average Bonchev–Trinajstić information content (AvgIpc) is 2.64. The molecule has 0 aliphatic carbocycles. The van der Waals surface area contributed by atoms with Crippen molar-refractivity contribution in [3.63, 3.8) is 0 Å². The van der Waals surface area contributed by atoms with Gasteiger partial charge in [-0.05, 0) is 17.7 Å². The number of hydrogen-bond donors (Lipinski definition) is 1. The predicted octanol–water partition coefficient (Wildman–Crippen LogP) is 1.60. The van der Waals surface area contributed by atoms with Crippen molar-refractivity contribution in [3.8, 4) is 0 Å². The monoisotopic (exact) mass is 190 g/mol. The normalized spacial score (nSPS) is 12.2. The van der Waals surface area contributed by atoms with Gasteiger partial charge in [-0.15, -0.1) is 0 Å². The van der Waals surface area contributed by atoms with Crippen LogP contribution in [-0.4, -0.2) is 21.3 Å². The molecule has 3 heteroatoms. The zero-order chi connectivity index (χ0) is 10.2. The number of rotatable bonds is 2. The molecule has 0 radical (unpaired) electrons. The molecule has 14 heavy (non-hydrogen) atoms. The summed E-state index contributed by atoms with van der Waals surface area (Å²) in [6, 6.07) is 6.00. The topological polar surface area (TPSA) is 37.5 Å². The van der Waals surface area contributed by atoms with Gasteiger partial charge in [-0.2, -0.15) is 5.10 Å². The highest BCUT2D eigenvalue weighted by molar-refractivity contribution is 5.46. The van der Waals surface area contributed by atoms with Crippen LogP contribution in [0.3, 0.4) is 0 Å². The van der Waals surface area contributed by atoms with E-state index in [1.54, 1.807) is 6.20 Å². The van der Waals surface area contributed by atoms with Crippen molar-refractivity contribution in [2.24, 2.45) is 0 Å². The van der Waals surface area contributed by atoms with E-state index in [0.717, 1.165) is 11.1 Å². The summed E-state index contributed by atoms with van der Waals surface area (Å²) in [7, 11) is 0. The largest absolute Gasteiger partial charge is 0.395 e. The van der Waals surface area contributed by atoms with Gasteiger partial charge in [0.15, 0.2) is 0 Å². The van der Waals surface area contributed by atoms with E-state index in [2.05, 4.69) is 5.10 Å². The summed E-state index contributed by atoms with van der Waals surface area (Å²) in [5, 5.41) is 13.4. The lowest BCUT2D eigenvalue weighted by molar-refractivity contribution is 0.218. The quantitative estimate of drug-likeness (QED) is 0.781. The van der Waals surface area contributed by atoms with Gasteiger partial charge in [-0.25, -0.2) is 4.52 Å². The van der Waals surface area contributed by atoms with Crippen molar-refractivity contribution in [1.29, 1.82) is 0 Å². The summed E-state index contributed by atoms with van der Waals surface area (Å²) in [6.45, 7) is 4.16. The summed E-state index contributed by atoms with van der Waals surface area (Å²) in [5.74, 6) is 0. The molecule has 0 aromatic carbocycles. The van der Waals surface area contributed by atoms with Crippen LogP contribution < -0.4 is 0 Å². The molecule has 3 nitrogen and oxygen atoms in total. The Hall–Kier alpha value is -1.35. The lowest BCUT2D eigenvalue weighted by atomic mass is 9.87. The number of aliphatic hydroxyl groups is 1. The van der Waals surface area contributed by atoms with Crippen LogP contribution in [0.1, 0.15) is 19.4 Å². The number of fused-ring (bicyclic) bond motifs is 1. The van der Waals surface area contributed by atoms with Gasteiger partial charge in [-0.3, -0.25) is 0 Å². The zero-order valence-electron chi connectivity index (χ0n) is 8.44. The maximum absolute atomic E-state index is 9.24. The molecule has 2 aromatic rings. The second kappa shape index (κ2) is 3.10. The van der Waals surface area contributed by atoms with Gasteiger partial charge in [0, 0.05) is 17.8 Å². The molecule has 0 unspecified atom stereocenters. The highest BCUT2D eigenvalue weighted by Gasteiger charge is 2.19. The summed E-state index contributed by atoms with van der Waals surface area (Å²) in [5.41, 5.74) is 1.96. The molecule has 0 fully saturated rings. The minimum Gasteiger partial charge on any atom is -0.395 e. The van der Waals surface area contributed by atoms with Crippen molar-refractivity contribution in [1.82, 2.24) is 9.61 Å². The first-order chi connectivity index (χ1) is 6.63. The second-order valence-corrected chi connectivity index (χ2v) is 4.16. The van der Waals surface area contributed by atoms with Crippen molar-refractivity contribution in [2.75, 3.05) is 6.61 Å². The molecule has 0 aliphatic heterocycles. The highest BCUT2D eigenvalue weighted by Crippen LogP contribution is 2.22. The van der Waals surface area contributed by atoms with Gasteiger partial charge in [0.25, 0.3) is 0 Å². The lowest BCUT2D eigenvalue weighted by Gasteiger charge is -2.21. The smallest absolute Gasteiger partial charge is 0.0661 e. The number of pyridine rings is 1. The van der Waals surface area contributed by atoms with Gasteiger partial charge in [0.1, 0.15) is 0 Å². The van der Waals surface area contributed by atoms with E-state index in [4.69, 9.17) is 0 Å². The Morgan fingerprint density at radius 3 is 2.86 bits per heavy atom. The van der Waals surface area contributed by atoms with Crippen LogP contribution in [0.2, 0.25) is 0 Å². The molecule has 0 amide bonds. The van der Waals surface area contributed by atoms with Gasteiger partial charge in [0.05, 0.1) is 12.1 Å². The minimum atomic E-state index is -0.208. The molecule has 0 aliphatic rings. The fourth-order valence-corrected chi connectivity index (χ4v) is 1.41. The Labute approximate surface area is 83.0 Å². The molecule has 74 valence electrons. The van der Waals surface area contributed by atoms with E-state index in [1.165, 1.54) is 0 Å². The number of nitrogens with zero attached hydrogens (tertiary/aromatic N) is 2. The van der Waals surface area contributed by atoms with Crippen LogP contribution in [0.25, 0.3) is 5.52 Å². The summed E-state index contributed by atoms with van der Waals surface area (Å²) in [4.78, 5) is 0. The van der Waals surface area contributed by atoms with Crippen LogP contribution in [0, 0.1) is 0 Å². The van der Waals surface area contributed by atoms with Crippen LogP contribution in [0.5, 0.6) is 0 Å². The SMILES string of the molecule is CC(C)(CO)c1ccc2ccnn2c1. The maximum Gasteiger partial charge on any atom is 0.0661 e. The number of hydrogen-bond acceptors (Lipinski definition) is 2. The molecule has 0 spiro atoms. The van der Waals surface area contributed by atoms with E-state index in [1.807, 2.05) is 42.8 Å². The summed E-state index contributed by atoms with van der Waals surface area (Å²) in [6.07, 6.45) is 3.73. The van der Waals surface area contributed by atoms with Crippen molar-refractivity contribution in [2.45, 2.75) is 19.3 Å². The molecular formula is C11H14N2O. The first-order valence-corrected chi connectivity index (χ1v) is 4.68. The van der Waals surface area contributed by atoms with Gasteiger partial charge in [-0.1, -0.05) is 19.9 Å². The fraction of sp³-hybridized carbons (Fsp3) is 0.364. The van der Waals surface area contributed by atoms with Crippen LogP contribution >= 0.6 is 0 Å². The molecule has 2 rings (SSSR count). The van der Waals surface area contributed by atoms with Crippen LogP contribution in [0.4, 0.5) is 0 Å². The zero-order valence-corrected chi connectivity index (χ0v) is 8.44. The standard InChI is InChI=1S/C11H14N2O/c1-11(2,8-14)9-3-4-10-5-6-12-13(10)7-9/h3-7,14H,8H2,1-2H3. The number of aliphatic hydroxyl groups excluding tert-OH is 1. The Morgan fingerprint density at radius 2 is 2.14 bits per heavy atom. The van der Waals surface area contributed by atoms with E-state index in [-0.39, 0.29) is 12.0 Å². The molecule has 0 saturated carbocycles. The summed E-state index contributed by atoms with van der Waals surface area (Å²) < 4.78 is 1.83. The number of aromatic nitrogens is 2. The fourth-order valence-electron chi connectivity index (χ4n) is 1.41. The summed E-state index contributed by atoms with van der Waals surface area (Å²) >= 11 is 0. The molecule has 1 N–H and O–H groups in total. The second-order valence-electron chi connectivity index (χ2n) is 4.16. The highest BCUT2D eigenvalue weighted by atomic mass is 16.3. The predicted molar refractivity (Wildman–Crippen MR) is 55.3 cm³/mol. The first-order valence-electron chi connectivity index (χ1n) is 4.68. The minimum absolute atomic E-state index is 0.139. The van der Waals surface area contributed by atoms with Gasteiger partial charge >= 0.3 is 0 Å². The van der Waals surface area contributed by atoms with Gasteiger partial charge < -0.3 is 5.11 Å².